The van der Waals surface area contributed by atoms with Crippen LogP contribution < -0.4 is 5.32 Å². The number of amides is 1. The Labute approximate surface area is 143 Å². The first-order chi connectivity index (χ1) is 11.6. The van der Waals surface area contributed by atoms with Gasteiger partial charge in [-0.2, -0.15) is 0 Å². The molecule has 25 heavy (non-hydrogen) atoms. The molecule has 0 aromatic heterocycles. The van der Waals surface area contributed by atoms with E-state index in [9.17, 15) is 35.4 Å². The number of ether oxygens (including phenoxy) is 3. The summed E-state index contributed by atoms with van der Waals surface area (Å²) in [6, 6.07) is 0. The fourth-order valence-corrected chi connectivity index (χ4v) is 2.97. The van der Waals surface area contributed by atoms with E-state index in [2.05, 4.69) is 5.32 Å². The van der Waals surface area contributed by atoms with Gasteiger partial charge in [0, 0.05) is 13.3 Å². The van der Waals surface area contributed by atoms with Crippen molar-refractivity contribution in [2.45, 2.75) is 75.2 Å². The second-order valence-corrected chi connectivity index (χ2v) is 6.33. The van der Waals surface area contributed by atoms with E-state index < -0.39 is 67.4 Å². The Balaban J connectivity index is 2.23. The van der Waals surface area contributed by atoms with Gasteiger partial charge in [0.1, 0.15) is 24.4 Å². The van der Waals surface area contributed by atoms with Crippen LogP contribution in [0.15, 0.2) is 0 Å². The minimum atomic E-state index is -2.52. The third kappa shape index (κ3) is 4.10. The Morgan fingerprint density at radius 3 is 2.40 bits per heavy atom. The topological polar surface area (TPSA) is 178 Å². The molecule has 7 N–H and O–H groups in total. The normalized spacial score (nSPS) is 48.2. The van der Waals surface area contributed by atoms with Gasteiger partial charge in [-0.3, -0.25) is 4.79 Å². The van der Waals surface area contributed by atoms with Gasteiger partial charge >= 0.3 is 0 Å². The second-order valence-electron chi connectivity index (χ2n) is 6.33. The van der Waals surface area contributed by atoms with Crippen LogP contribution in [-0.4, -0.2) is 98.1 Å². The van der Waals surface area contributed by atoms with Crippen molar-refractivity contribution in [3.05, 3.63) is 0 Å². The minimum Gasteiger partial charge on any atom is -0.394 e. The van der Waals surface area contributed by atoms with E-state index in [1.54, 1.807) is 0 Å². The predicted molar refractivity (Wildman–Crippen MR) is 78.6 cm³/mol. The second kappa shape index (κ2) is 7.78. The number of hydrogen-bond donors (Lipinski definition) is 7. The molecule has 0 aliphatic carbocycles. The molecule has 0 unspecified atom stereocenters. The number of aliphatic hydroxyl groups is 6. The van der Waals surface area contributed by atoms with Crippen LogP contribution in [0.1, 0.15) is 20.3 Å². The highest BCUT2D eigenvalue weighted by molar-refractivity contribution is 5.73. The zero-order valence-electron chi connectivity index (χ0n) is 13.8. The average Bonchev–Trinajstić information content (AvgIpc) is 2.52. The lowest BCUT2D eigenvalue weighted by Gasteiger charge is -2.49. The Morgan fingerprint density at radius 1 is 1.24 bits per heavy atom. The number of rotatable bonds is 4. The Kier molecular flexibility index (Phi) is 6.35. The molecule has 9 atom stereocenters. The summed E-state index contributed by atoms with van der Waals surface area (Å²) in [5, 5.41) is 61.8. The van der Waals surface area contributed by atoms with Crippen LogP contribution in [0.5, 0.6) is 0 Å². The van der Waals surface area contributed by atoms with E-state index in [4.69, 9.17) is 14.2 Å². The van der Waals surface area contributed by atoms with Crippen LogP contribution in [-0.2, 0) is 19.0 Å². The van der Waals surface area contributed by atoms with Crippen molar-refractivity contribution in [2.75, 3.05) is 6.61 Å². The smallest absolute Gasteiger partial charge is 0.219 e. The maximum atomic E-state index is 11.4. The van der Waals surface area contributed by atoms with Gasteiger partial charge in [-0.05, 0) is 6.92 Å². The average molecular weight is 367 g/mol. The molecule has 0 radical (unpaired) electrons. The van der Waals surface area contributed by atoms with E-state index in [1.807, 2.05) is 0 Å². The van der Waals surface area contributed by atoms with Crippen molar-refractivity contribution in [3.8, 4) is 0 Å². The molecular weight excluding hydrogens is 342 g/mol. The fourth-order valence-electron chi connectivity index (χ4n) is 2.97. The summed E-state index contributed by atoms with van der Waals surface area (Å²) in [5.74, 6) is -0.734. The SMILES string of the molecule is CC(=O)N[C@]1(O)[C@@H](O)O[C@H](CO)[C@H](O)[C@@H]1O[C@H]1C[C@@H](O)[C@@H](O)[C@@H](C)O1. The highest BCUT2D eigenvalue weighted by atomic mass is 16.7. The lowest BCUT2D eigenvalue weighted by atomic mass is 9.92. The van der Waals surface area contributed by atoms with Gasteiger partial charge < -0.3 is 50.2 Å². The van der Waals surface area contributed by atoms with E-state index in [0.717, 1.165) is 6.92 Å². The van der Waals surface area contributed by atoms with Gasteiger partial charge in [-0.15, -0.1) is 0 Å². The summed E-state index contributed by atoms with van der Waals surface area (Å²) in [5.41, 5.74) is -2.52. The highest BCUT2D eigenvalue weighted by Crippen LogP contribution is 2.32. The zero-order chi connectivity index (χ0) is 18.9. The monoisotopic (exact) mass is 367 g/mol. The van der Waals surface area contributed by atoms with Crippen molar-refractivity contribution in [2.24, 2.45) is 0 Å². The van der Waals surface area contributed by atoms with Gasteiger partial charge in [-0.1, -0.05) is 0 Å². The van der Waals surface area contributed by atoms with E-state index in [-0.39, 0.29) is 6.42 Å². The molecule has 0 aromatic carbocycles. The molecule has 0 saturated carbocycles. The maximum absolute atomic E-state index is 11.4. The van der Waals surface area contributed by atoms with Gasteiger partial charge in [0.2, 0.25) is 17.9 Å². The van der Waals surface area contributed by atoms with Gasteiger partial charge in [-0.25, -0.2) is 0 Å². The maximum Gasteiger partial charge on any atom is 0.219 e. The summed E-state index contributed by atoms with van der Waals surface area (Å²) < 4.78 is 15.8. The number of hydrogen-bond acceptors (Lipinski definition) is 10. The fraction of sp³-hybridized carbons (Fsp3) is 0.929. The first-order valence-corrected chi connectivity index (χ1v) is 7.90. The molecule has 0 aromatic rings. The lowest BCUT2D eigenvalue weighted by Crippen LogP contribution is -2.74. The summed E-state index contributed by atoms with van der Waals surface area (Å²) in [4.78, 5) is 11.4. The van der Waals surface area contributed by atoms with Crippen LogP contribution in [0, 0.1) is 0 Å². The van der Waals surface area contributed by atoms with E-state index in [0.29, 0.717) is 0 Å². The van der Waals surface area contributed by atoms with Crippen molar-refractivity contribution >= 4 is 5.91 Å². The standard InChI is InChI=1S/C14H25NO10/c1-5-10(19)7(18)3-9(23-5)25-12-11(20)8(4-16)24-13(21)14(12,22)15-6(2)17/h5,7-13,16,18-22H,3-4H2,1-2H3,(H,15,17)/t5-,7-,8-,9+,10+,11+,12+,13+,14-/m1/s1. The molecule has 2 saturated heterocycles. The van der Waals surface area contributed by atoms with Crippen molar-refractivity contribution in [1.29, 1.82) is 0 Å². The number of aliphatic hydroxyl groups excluding tert-OH is 5. The molecule has 0 spiro atoms. The molecule has 2 heterocycles. The van der Waals surface area contributed by atoms with E-state index in [1.165, 1.54) is 6.92 Å². The quantitative estimate of drug-likeness (QED) is 0.243. The molecule has 0 bridgehead atoms. The van der Waals surface area contributed by atoms with Gasteiger partial charge in [0.15, 0.2) is 6.29 Å². The molecule has 11 nitrogen and oxygen atoms in total. The molecule has 11 heteroatoms. The zero-order valence-corrected chi connectivity index (χ0v) is 13.8. The Bertz CT molecular complexity index is 467. The highest BCUT2D eigenvalue weighted by Gasteiger charge is 2.57. The Morgan fingerprint density at radius 2 is 1.88 bits per heavy atom. The third-order valence-corrected chi connectivity index (χ3v) is 4.34. The molecule has 2 fully saturated rings. The number of carbonyl (C=O) groups is 1. The number of carbonyl (C=O) groups excluding carboxylic acids is 1. The summed E-state index contributed by atoms with van der Waals surface area (Å²) in [6.45, 7) is 1.89. The molecule has 1 amide bonds. The molecular formula is C14H25NO10. The first-order valence-electron chi connectivity index (χ1n) is 7.90. The first kappa shape index (κ1) is 20.4. The van der Waals surface area contributed by atoms with Crippen LogP contribution >= 0.6 is 0 Å². The van der Waals surface area contributed by atoms with Crippen molar-refractivity contribution in [3.63, 3.8) is 0 Å². The largest absolute Gasteiger partial charge is 0.394 e. The van der Waals surface area contributed by atoms with Crippen LogP contribution in [0.2, 0.25) is 0 Å². The minimum absolute atomic E-state index is 0.175. The molecule has 2 aliphatic heterocycles. The van der Waals surface area contributed by atoms with Crippen molar-refractivity contribution < 1.29 is 49.6 Å². The van der Waals surface area contributed by atoms with E-state index >= 15 is 0 Å². The summed E-state index contributed by atoms with van der Waals surface area (Å²) in [7, 11) is 0. The van der Waals surface area contributed by atoms with Crippen LogP contribution in [0.3, 0.4) is 0 Å². The molecule has 146 valence electrons. The lowest BCUT2D eigenvalue weighted by molar-refractivity contribution is -0.370. The summed E-state index contributed by atoms with van der Waals surface area (Å²) >= 11 is 0. The summed E-state index contributed by atoms with van der Waals surface area (Å²) in [6.07, 6.45) is -11.0. The van der Waals surface area contributed by atoms with Crippen LogP contribution in [0.25, 0.3) is 0 Å². The Hall–Kier alpha value is -0.890. The number of nitrogens with one attached hydrogen (secondary N) is 1. The molecule has 2 aliphatic rings. The van der Waals surface area contributed by atoms with Crippen LogP contribution in [0.4, 0.5) is 0 Å². The molecule has 2 rings (SSSR count). The van der Waals surface area contributed by atoms with Gasteiger partial charge in [0.25, 0.3) is 0 Å². The third-order valence-electron chi connectivity index (χ3n) is 4.34. The predicted octanol–water partition coefficient (Wildman–Crippen LogP) is -3.88. The van der Waals surface area contributed by atoms with Gasteiger partial charge in [0.05, 0.1) is 18.8 Å². The van der Waals surface area contributed by atoms with Crippen molar-refractivity contribution in [1.82, 2.24) is 5.32 Å².